The van der Waals surface area contributed by atoms with Crippen LogP contribution in [0.3, 0.4) is 0 Å². The summed E-state index contributed by atoms with van der Waals surface area (Å²) in [5, 5.41) is 6.87. The van der Waals surface area contributed by atoms with Crippen molar-refractivity contribution in [2.24, 2.45) is 0 Å². The average Bonchev–Trinajstić information content (AvgIpc) is 2.80. The monoisotopic (exact) mass is 477 g/mol. The van der Waals surface area contributed by atoms with Gasteiger partial charge in [0.15, 0.2) is 0 Å². The second-order valence-corrected chi connectivity index (χ2v) is 10.6. The fraction of sp³-hybridized carbons (Fsp3) is 0.458. The second-order valence-electron chi connectivity index (χ2n) is 8.18. The molecule has 0 radical (unpaired) electrons. The minimum atomic E-state index is -3.61. The summed E-state index contributed by atoms with van der Waals surface area (Å²) in [5.74, 6) is -0.318. The van der Waals surface area contributed by atoms with Crippen LogP contribution in [0.1, 0.15) is 55.8 Å². The highest BCUT2D eigenvalue weighted by atomic mass is 35.5. The summed E-state index contributed by atoms with van der Waals surface area (Å²) in [6.45, 7) is 4.19. The molecule has 1 aliphatic rings. The molecular formula is C24H32ClN3O3S. The number of hydrogen-bond donors (Lipinski definition) is 2. The Kier molecular flexibility index (Phi) is 9.11. The van der Waals surface area contributed by atoms with Gasteiger partial charge in [-0.2, -0.15) is 4.31 Å². The summed E-state index contributed by atoms with van der Waals surface area (Å²) in [6, 6.07) is 13.3. The van der Waals surface area contributed by atoms with Crippen LogP contribution in [0.2, 0.25) is 5.02 Å². The lowest BCUT2D eigenvalue weighted by Crippen LogP contribution is -2.45. The Hall–Kier alpha value is -1.93. The quantitative estimate of drug-likeness (QED) is 0.476. The third-order valence-electron chi connectivity index (χ3n) is 5.75. The summed E-state index contributed by atoms with van der Waals surface area (Å²) in [7, 11) is -3.61. The molecule has 174 valence electrons. The first-order valence-corrected chi connectivity index (χ1v) is 13.1. The van der Waals surface area contributed by atoms with Gasteiger partial charge in [-0.25, -0.2) is 8.42 Å². The smallest absolute Gasteiger partial charge is 0.255 e. The minimum Gasteiger partial charge on any atom is -0.322 e. The van der Waals surface area contributed by atoms with Crippen LogP contribution in [0, 0.1) is 0 Å². The molecule has 8 heteroatoms. The molecule has 1 saturated heterocycles. The number of unbranched alkanes of at least 4 members (excludes halogenated alkanes) is 3. The van der Waals surface area contributed by atoms with Crippen molar-refractivity contribution < 1.29 is 13.2 Å². The van der Waals surface area contributed by atoms with Gasteiger partial charge < -0.3 is 10.6 Å². The first-order valence-electron chi connectivity index (χ1n) is 11.3. The average molecular weight is 478 g/mol. The van der Waals surface area contributed by atoms with E-state index in [9.17, 15) is 13.2 Å². The molecule has 2 N–H and O–H groups in total. The van der Waals surface area contributed by atoms with Crippen LogP contribution in [0.25, 0.3) is 0 Å². The van der Waals surface area contributed by atoms with E-state index in [4.69, 9.17) is 11.6 Å². The zero-order chi connectivity index (χ0) is 23.0. The molecule has 0 atom stereocenters. The molecule has 1 heterocycles. The highest BCUT2D eigenvalue weighted by Crippen LogP contribution is 2.23. The van der Waals surface area contributed by atoms with E-state index >= 15 is 0 Å². The lowest BCUT2D eigenvalue weighted by atomic mass is 10.1. The Balaban J connectivity index is 1.57. The van der Waals surface area contributed by atoms with Crippen LogP contribution in [0.4, 0.5) is 5.69 Å². The number of piperidine rings is 1. The third kappa shape index (κ3) is 6.78. The number of nitrogens with zero attached hydrogens (tertiary/aromatic N) is 1. The Morgan fingerprint density at radius 1 is 1.06 bits per heavy atom. The van der Waals surface area contributed by atoms with Crippen molar-refractivity contribution in [2.45, 2.75) is 56.4 Å². The molecule has 1 aliphatic heterocycles. The van der Waals surface area contributed by atoms with Gasteiger partial charge in [0.25, 0.3) is 5.91 Å². The number of hydrogen-bond acceptors (Lipinski definition) is 4. The minimum absolute atomic E-state index is 0.192. The molecule has 6 nitrogen and oxygen atoms in total. The predicted octanol–water partition coefficient (Wildman–Crippen LogP) is 4.92. The van der Waals surface area contributed by atoms with Crippen molar-refractivity contribution in [2.75, 3.05) is 25.0 Å². The third-order valence-corrected chi connectivity index (χ3v) is 7.90. The molecule has 32 heavy (non-hydrogen) atoms. The number of sulfonamides is 1. The van der Waals surface area contributed by atoms with Crippen molar-refractivity contribution in [1.82, 2.24) is 9.62 Å². The maximum absolute atomic E-state index is 13.1. The SMILES string of the molecule is CCCCCCNC1CCN(S(=O)(=O)c2cccc(NC(=O)c3ccc(Cl)cc3)c2)CC1. The van der Waals surface area contributed by atoms with Gasteiger partial charge >= 0.3 is 0 Å². The summed E-state index contributed by atoms with van der Waals surface area (Å²) >= 11 is 5.87. The number of carbonyl (C=O) groups excluding carboxylic acids is 1. The summed E-state index contributed by atoms with van der Waals surface area (Å²) in [6.07, 6.45) is 6.50. The standard InChI is InChI=1S/C24H32ClN3O3S/c1-2-3-4-5-15-26-21-13-16-28(17-14-21)32(30,31)23-8-6-7-22(18-23)27-24(29)19-9-11-20(25)12-10-19/h6-12,18,21,26H,2-5,13-17H2,1H3,(H,27,29). The molecule has 0 spiro atoms. The number of benzene rings is 2. The number of amides is 1. The summed E-state index contributed by atoms with van der Waals surface area (Å²) in [4.78, 5) is 12.6. The van der Waals surface area contributed by atoms with E-state index in [1.165, 1.54) is 31.7 Å². The maximum atomic E-state index is 13.1. The van der Waals surface area contributed by atoms with Crippen molar-refractivity contribution in [3.8, 4) is 0 Å². The highest BCUT2D eigenvalue weighted by molar-refractivity contribution is 7.89. The molecule has 1 amide bonds. The molecule has 3 rings (SSSR count). The molecule has 0 bridgehead atoms. The van der Waals surface area contributed by atoms with E-state index in [1.807, 2.05) is 0 Å². The number of halogens is 1. The normalized spacial score (nSPS) is 15.6. The van der Waals surface area contributed by atoms with Crippen LogP contribution < -0.4 is 10.6 Å². The molecular weight excluding hydrogens is 446 g/mol. The van der Waals surface area contributed by atoms with E-state index in [0.717, 1.165) is 19.4 Å². The van der Waals surface area contributed by atoms with Gasteiger partial charge in [-0.3, -0.25) is 4.79 Å². The van der Waals surface area contributed by atoms with Gasteiger partial charge in [0, 0.05) is 35.4 Å². The van der Waals surface area contributed by atoms with Crippen LogP contribution >= 0.6 is 11.6 Å². The molecule has 1 fully saturated rings. The Bertz CT molecular complexity index is 988. The number of rotatable bonds is 10. The highest BCUT2D eigenvalue weighted by Gasteiger charge is 2.29. The zero-order valence-electron chi connectivity index (χ0n) is 18.5. The molecule has 0 unspecified atom stereocenters. The number of anilines is 1. The Morgan fingerprint density at radius 3 is 2.47 bits per heavy atom. The fourth-order valence-corrected chi connectivity index (χ4v) is 5.49. The molecule has 0 aromatic heterocycles. The van der Waals surface area contributed by atoms with Crippen molar-refractivity contribution in [3.63, 3.8) is 0 Å². The maximum Gasteiger partial charge on any atom is 0.255 e. The van der Waals surface area contributed by atoms with Crippen molar-refractivity contribution in [3.05, 3.63) is 59.1 Å². The van der Waals surface area contributed by atoms with Crippen molar-refractivity contribution in [1.29, 1.82) is 0 Å². The van der Waals surface area contributed by atoms with E-state index in [1.54, 1.807) is 46.8 Å². The molecule has 2 aromatic carbocycles. The van der Waals surface area contributed by atoms with E-state index < -0.39 is 10.0 Å². The lowest BCUT2D eigenvalue weighted by Gasteiger charge is -2.31. The molecule has 2 aromatic rings. The van der Waals surface area contributed by atoms with Gasteiger partial charge in [-0.05, 0) is 68.3 Å². The van der Waals surface area contributed by atoms with Crippen LogP contribution in [-0.2, 0) is 10.0 Å². The van der Waals surface area contributed by atoms with Crippen LogP contribution in [0.15, 0.2) is 53.4 Å². The van der Waals surface area contributed by atoms with Gasteiger partial charge in [0.1, 0.15) is 0 Å². The topological polar surface area (TPSA) is 78.5 Å². The van der Waals surface area contributed by atoms with E-state index in [0.29, 0.717) is 35.4 Å². The van der Waals surface area contributed by atoms with Gasteiger partial charge in [-0.15, -0.1) is 0 Å². The zero-order valence-corrected chi connectivity index (χ0v) is 20.1. The first-order chi connectivity index (χ1) is 15.4. The summed E-state index contributed by atoms with van der Waals surface area (Å²) in [5.41, 5.74) is 0.890. The predicted molar refractivity (Wildman–Crippen MR) is 130 cm³/mol. The van der Waals surface area contributed by atoms with Crippen LogP contribution in [0.5, 0.6) is 0 Å². The molecule has 0 saturated carbocycles. The van der Waals surface area contributed by atoms with Crippen LogP contribution in [-0.4, -0.2) is 44.3 Å². The van der Waals surface area contributed by atoms with Gasteiger partial charge in [0.2, 0.25) is 10.0 Å². The number of nitrogens with one attached hydrogen (secondary N) is 2. The van der Waals surface area contributed by atoms with E-state index in [-0.39, 0.29) is 10.8 Å². The molecule has 0 aliphatic carbocycles. The number of carbonyl (C=O) groups is 1. The van der Waals surface area contributed by atoms with E-state index in [2.05, 4.69) is 17.6 Å². The summed E-state index contributed by atoms with van der Waals surface area (Å²) < 4.78 is 27.8. The largest absolute Gasteiger partial charge is 0.322 e. The first kappa shape index (κ1) is 24.7. The van der Waals surface area contributed by atoms with Crippen molar-refractivity contribution >= 4 is 33.2 Å². The Morgan fingerprint density at radius 2 is 1.78 bits per heavy atom. The van der Waals surface area contributed by atoms with Gasteiger partial charge in [-0.1, -0.05) is 43.9 Å². The fourth-order valence-electron chi connectivity index (χ4n) is 3.85. The second kappa shape index (κ2) is 11.8. The van der Waals surface area contributed by atoms with Gasteiger partial charge in [0.05, 0.1) is 4.90 Å². The lowest BCUT2D eigenvalue weighted by molar-refractivity contribution is 0.102. The Labute approximate surface area is 196 Å².